The minimum atomic E-state index is -4.02. The quantitative estimate of drug-likeness (QED) is 0.0150. The van der Waals surface area contributed by atoms with Crippen LogP contribution in [0, 0.1) is 6.92 Å². The van der Waals surface area contributed by atoms with Crippen LogP contribution in [0.2, 0.25) is 5.28 Å². The van der Waals surface area contributed by atoms with E-state index in [-0.39, 0.29) is 10.2 Å². The van der Waals surface area contributed by atoms with Gasteiger partial charge in [-0.3, -0.25) is 24.3 Å². The molecule has 116 heavy (non-hydrogen) atoms. The fourth-order valence-corrected chi connectivity index (χ4v) is 17.1. The summed E-state index contributed by atoms with van der Waals surface area (Å²) in [5, 5.41) is 19.5. The molecule has 4 saturated heterocycles. The van der Waals surface area contributed by atoms with Crippen LogP contribution >= 0.6 is 58.4 Å². The van der Waals surface area contributed by atoms with E-state index < -0.39 is 25.1 Å². The van der Waals surface area contributed by atoms with Gasteiger partial charge in [0.1, 0.15) is 48.4 Å². The number of pyridine rings is 2. The molecular weight excluding hydrogens is 1680 g/mol. The van der Waals surface area contributed by atoms with Gasteiger partial charge in [-0.15, -0.1) is 0 Å². The van der Waals surface area contributed by atoms with Crippen LogP contribution in [0.15, 0.2) is 148 Å². The van der Waals surface area contributed by atoms with E-state index in [1.165, 1.54) is 99.6 Å². The van der Waals surface area contributed by atoms with Gasteiger partial charge in [0.25, 0.3) is 10.1 Å². The molecule has 0 bridgehead atoms. The molecule has 8 heterocycles. The Bertz CT molecular complexity index is 4860. The minimum Gasteiger partial charge on any atom is -0.495 e. The molecule has 0 spiro atoms. The fourth-order valence-electron chi connectivity index (χ4n) is 14.0. The topological polar surface area (TPSA) is 305 Å². The Morgan fingerprint density at radius 1 is 0.586 bits per heavy atom. The highest BCUT2D eigenvalue weighted by molar-refractivity contribution is 9.11. The number of halogens is 3. The molecule has 0 amide bonds. The van der Waals surface area contributed by atoms with E-state index in [0.717, 1.165) is 122 Å². The molecule has 1 unspecified atom stereocenters. The summed E-state index contributed by atoms with van der Waals surface area (Å²) in [6.07, 6.45) is 15.4. The first-order chi connectivity index (χ1) is 55.6. The lowest BCUT2D eigenvalue weighted by molar-refractivity contribution is 0.0982. The van der Waals surface area contributed by atoms with E-state index in [1.54, 1.807) is 85.4 Å². The number of hydrogen-bond donors (Lipinski definition) is 6. The average Bonchev–Trinajstić information content (AvgIpc) is 0.816. The number of aromatic nitrogens is 6. The van der Waals surface area contributed by atoms with Crippen molar-refractivity contribution in [1.82, 2.24) is 49.5 Å². The molecule has 9 aromatic rings. The number of nitrogen functional groups attached to an aromatic ring is 1. The van der Waals surface area contributed by atoms with Gasteiger partial charge in [0.2, 0.25) is 16.5 Å². The predicted molar refractivity (Wildman–Crippen MR) is 480 cm³/mol. The Kier molecular flexibility index (Phi) is 34.8. The predicted octanol–water partition coefficient (Wildman–Crippen LogP) is 15.7. The lowest BCUT2D eigenvalue weighted by Gasteiger charge is -2.43. The molecule has 4 fully saturated rings. The van der Waals surface area contributed by atoms with E-state index in [2.05, 4.69) is 161 Å². The van der Waals surface area contributed by atoms with Crippen molar-refractivity contribution in [2.24, 2.45) is 0 Å². The smallest absolute Gasteiger partial charge is 0.375 e. The van der Waals surface area contributed by atoms with Gasteiger partial charge in [0.05, 0.1) is 88.8 Å². The van der Waals surface area contributed by atoms with Crippen molar-refractivity contribution < 1.29 is 46.2 Å². The lowest BCUT2D eigenvalue weighted by atomic mass is 9.99. The SMILES string of the molecule is CCCCO.CCc1cc(N)c(OC)cc1N1CCC(N2CCN(C)CC2)CC1.CCc1cc(Nc2ncc(Br)c(Nc3ccc(-c4ccc(OC)cn4)cc3P(C)(C)=O)n2)c(OC)cc1N1CCC(N2CCN(C)CC2)CC1.COc1ccc(-c2ccc(Nc3nc(Cl)ncc3Br)c([P+](C)=O)c2)nc1.Cc1ccc(S(=O)(=O)O)cc1. The molecule has 4 aromatic heterocycles. The maximum atomic E-state index is 13.5. The van der Waals surface area contributed by atoms with Crippen LogP contribution in [-0.4, -0.2) is 227 Å². The number of piperidine rings is 2. The summed E-state index contributed by atoms with van der Waals surface area (Å²) in [5.41, 5.74) is 18.3. The number of likely N-dealkylation sites (N-methyl/N-ethyl adjacent to an activating group) is 2. The first kappa shape index (κ1) is 91.7. The third kappa shape index (κ3) is 25.9. The van der Waals surface area contributed by atoms with Crippen LogP contribution in [0.5, 0.6) is 23.0 Å². The Labute approximate surface area is 707 Å². The number of unbranched alkanes of at least 4 members (excludes halogenated alkanes) is 1. The van der Waals surface area contributed by atoms with Crippen LogP contribution in [-0.2, 0) is 32.1 Å². The molecule has 0 saturated carbocycles. The minimum absolute atomic E-state index is 0.0666. The van der Waals surface area contributed by atoms with E-state index in [0.29, 0.717) is 72.7 Å². The molecule has 4 aliphatic rings. The van der Waals surface area contributed by atoms with Crippen LogP contribution in [0.25, 0.3) is 22.5 Å². The molecule has 32 heteroatoms. The Morgan fingerprint density at radius 2 is 1.07 bits per heavy atom. The van der Waals surface area contributed by atoms with E-state index >= 15 is 0 Å². The second-order valence-electron chi connectivity index (χ2n) is 29.2. The monoisotopic (exact) mass is 1790 g/mol. The second-order valence-corrected chi connectivity index (χ2v) is 37.3. The zero-order valence-electron chi connectivity index (χ0n) is 68.7. The summed E-state index contributed by atoms with van der Waals surface area (Å²) in [6.45, 7) is 27.6. The van der Waals surface area contributed by atoms with Crippen LogP contribution in [0.4, 0.5) is 51.7 Å². The van der Waals surface area contributed by atoms with Crippen molar-refractivity contribution in [1.29, 1.82) is 0 Å². The summed E-state index contributed by atoms with van der Waals surface area (Å²) in [7, 11) is 2.71. The number of piperazine rings is 2. The summed E-state index contributed by atoms with van der Waals surface area (Å²) in [4.78, 5) is 41.5. The van der Waals surface area contributed by atoms with Crippen LogP contribution < -0.4 is 61.0 Å². The molecule has 0 aliphatic carbocycles. The molecule has 0 radical (unpaired) electrons. The number of nitrogens with two attached hydrogens (primary N) is 1. The molecule has 4 aliphatic heterocycles. The van der Waals surface area contributed by atoms with Gasteiger partial charge in [-0.05, 0) is 201 Å². The average molecular weight is 1800 g/mol. The number of aryl methyl sites for hydroxylation is 3. The Balaban J connectivity index is 0.000000194. The van der Waals surface area contributed by atoms with Gasteiger partial charge < -0.3 is 69.9 Å². The number of aliphatic hydroxyl groups excluding tert-OH is 1. The first-order valence-electron chi connectivity index (χ1n) is 39.0. The molecular formula is C84H112Br2ClN16O10P2S+. The third-order valence-electron chi connectivity index (χ3n) is 20.8. The highest BCUT2D eigenvalue weighted by Crippen LogP contribution is 2.43. The number of anilines is 9. The molecule has 1 atom stereocenters. The highest BCUT2D eigenvalue weighted by Gasteiger charge is 2.31. The third-order valence-corrected chi connectivity index (χ3v) is 25.6. The Morgan fingerprint density at radius 3 is 1.52 bits per heavy atom. The van der Waals surface area contributed by atoms with Crippen LogP contribution in [0.3, 0.4) is 0 Å². The number of rotatable bonds is 23. The second kappa shape index (κ2) is 44.1. The van der Waals surface area contributed by atoms with Gasteiger partial charge in [0.15, 0.2) is 0 Å². The summed E-state index contributed by atoms with van der Waals surface area (Å²) >= 11 is 12.8. The number of nitrogens with zero attached hydrogens (tertiary/aromatic N) is 12. The van der Waals surface area contributed by atoms with E-state index in [4.69, 9.17) is 50.9 Å². The first-order valence-corrected chi connectivity index (χ1v) is 46.7. The number of benzene rings is 5. The zero-order chi connectivity index (χ0) is 83.8. The van der Waals surface area contributed by atoms with Gasteiger partial charge >= 0.3 is 7.80 Å². The maximum absolute atomic E-state index is 13.5. The number of nitrogens with one attached hydrogen (secondary N) is 3. The van der Waals surface area contributed by atoms with Gasteiger partial charge in [-0.25, -0.2) is 9.97 Å². The van der Waals surface area contributed by atoms with Crippen molar-refractivity contribution >= 4 is 131 Å². The summed E-state index contributed by atoms with van der Waals surface area (Å²) in [5.74, 6) is 4.34. The standard InChI is InChI=1S/C37H48BrN8O3P.C19H32N4O.C17H14BrClN4O2P.C7H8O3S.C4H10O/c1-7-25-20-32(34(49-4)22-33(25)46-14-12-27(13-15-46)45-18-16-44(2)17-19-45)42-37-40-24-29(38)36(43-37)41-31-10-8-26(21-35(31)50(5,6)47)30-11-9-28(48-3)23-39-30;1-4-15-13-17(20)19(24-3)14-18(15)23-7-5-16(6-8-23)22-11-9-21(2)10-12-22;1-25-11-4-6-13(20-8-11)10-3-5-14(15(7-10)26(2)24)22-16-12(18)9-21-17(19)23-16;1-6-2-4-7(5-3-6)11(8,9)10;1-2-3-4-5/h8-11,20-24,27H,7,12-19H2,1-6H3,(H2,40,41,42,43);13-14,16H,4-12,20H2,1-3H3;3-9H,1-2H3,(H,21,22,23);2-5H,1H3,(H,8,9,10);5H,2-4H2,1H3/q;;+1;;. The number of hydrogen-bond acceptors (Lipinski definition) is 25. The van der Waals surface area contributed by atoms with Crippen molar-refractivity contribution in [3.8, 4) is 45.5 Å². The fraction of sp³-hybridized carbons (Fsp3) is 0.429. The van der Waals surface area contributed by atoms with Crippen LogP contribution in [0.1, 0.15) is 76.0 Å². The number of ether oxygens (including phenoxy) is 4. The summed E-state index contributed by atoms with van der Waals surface area (Å²) in [6, 6.07) is 34.8. The van der Waals surface area contributed by atoms with Crippen molar-refractivity contribution in [3.05, 3.63) is 165 Å². The maximum Gasteiger partial charge on any atom is 0.375 e. The number of aliphatic hydroxyl groups is 1. The highest BCUT2D eigenvalue weighted by atomic mass is 79.9. The van der Waals surface area contributed by atoms with Gasteiger partial charge in [-0.2, -0.15) is 18.4 Å². The van der Waals surface area contributed by atoms with Crippen molar-refractivity contribution in [3.63, 3.8) is 0 Å². The largest absolute Gasteiger partial charge is 0.495 e. The zero-order valence-corrected chi connectivity index (χ0v) is 75.3. The van der Waals surface area contributed by atoms with Gasteiger partial charge in [0, 0.05) is 156 Å². The van der Waals surface area contributed by atoms with Crippen molar-refractivity contribution in [2.45, 2.75) is 96.0 Å². The molecule has 26 nitrogen and oxygen atoms in total. The van der Waals surface area contributed by atoms with Gasteiger partial charge in [-0.1, -0.05) is 61.6 Å². The Hall–Kier alpha value is -8.15. The van der Waals surface area contributed by atoms with Crippen molar-refractivity contribution in [2.75, 3.05) is 179 Å². The lowest BCUT2D eigenvalue weighted by Crippen LogP contribution is -2.52. The van der Waals surface area contributed by atoms with E-state index in [1.807, 2.05) is 67.6 Å². The molecule has 13 rings (SSSR count). The summed E-state index contributed by atoms with van der Waals surface area (Å²) < 4.78 is 78.4. The molecule has 7 N–H and O–H groups in total. The van der Waals surface area contributed by atoms with E-state index in [9.17, 15) is 17.5 Å². The molecule has 5 aromatic carbocycles. The molecule has 624 valence electrons. The number of methoxy groups -OCH3 is 4. The normalized spacial score (nSPS) is 15.4.